The van der Waals surface area contributed by atoms with Gasteiger partial charge in [-0.2, -0.15) is 0 Å². The van der Waals surface area contributed by atoms with Crippen LogP contribution in [0.3, 0.4) is 0 Å². The van der Waals surface area contributed by atoms with E-state index in [1.54, 1.807) is 18.2 Å². The van der Waals surface area contributed by atoms with Crippen molar-refractivity contribution in [2.75, 3.05) is 13.2 Å². The Morgan fingerprint density at radius 3 is 2.30 bits per heavy atom. The average molecular weight is 404 g/mol. The number of hydrogen-bond acceptors (Lipinski definition) is 4. The predicted molar refractivity (Wildman–Crippen MR) is 115 cm³/mol. The Bertz CT molecular complexity index is 1260. The lowest BCUT2D eigenvalue weighted by atomic mass is 10.0. The minimum atomic E-state index is -0.298. The quantitative estimate of drug-likeness (QED) is 0.518. The fourth-order valence-corrected chi connectivity index (χ4v) is 3.56. The van der Waals surface area contributed by atoms with E-state index in [0.717, 1.165) is 33.6 Å². The molecule has 6 heteroatoms. The first kappa shape index (κ1) is 19.8. The second-order valence-corrected chi connectivity index (χ2v) is 7.16. The van der Waals surface area contributed by atoms with Gasteiger partial charge in [0.25, 0.3) is 5.56 Å². The normalized spacial score (nSPS) is 11.1. The van der Waals surface area contributed by atoms with E-state index < -0.39 is 0 Å². The highest BCUT2D eigenvalue weighted by molar-refractivity contribution is 5.85. The summed E-state index contributed by atoms with van der Waals surface area (Å²) >= 11 is 0. The van der Waals surface area contributed by atoms with Gasteiger partial charge in [0.1, 0.15) is 24.0 Å². The molecule has 0 spiro atoms. The number of aliphatic hydroxyl groups is 1. The third-order valence-electron chi connectivity index (χ3n) is 4.96. The third kappa shape index (κ3) is 3.82. The molecule has 0 aliphatic heterocycles. The smallest absolute Gasteiger partial charge is 0.259 e. The van der Waals surface area contributed by atoms with Crippen molar-refractivity contribution < 1.29 is 14.2 Å². The molecule has 3 aromatic carbocycles. The van der Waals surface area contributed by atoms with Gasteiger partial charge in [0.15, 0.2) is 0 Å². The minimum Gasteiger partial charge on any atom is -0.491 e. The van der Waals surface area contributed by atoms with Gasteiger partial charge in [-0.15, -0.1) is 0 Å². The summed E-state index contributed by atoms with van der Waals surface area (Å²) in [5.74, 6) is 0.881. The molecule has 0 saturated heterocycles. The van der Waals surface area contributed by atoms with Crippen molar-refractivity contribution >= 4 is 10.9 Å². The Kier molecular flexibility index (Phi) is 5.33. The molecule has 30 heavy (non-hydrogen) atoms. The van der Waals surface area contributed by atoms with E-state index in [-0.39, 0.29) is 24.6 Å². The number of benzene rings is 3. The number of nitrogens with zero attached hydrogens (tertiary/aromatic N) is 1. The van der Waals surface area contributed by atoms with E-state index in [2.05, 4.69) is 9.97 Å². The Labute approximate surface area is 172 Å². The Morgan fingerprint density at radius 2 is 1.63 bits per heavy atom. The van der Waals surface area contributed by atoms with Crippen LogP contribution in [0.5, 0.6) is 5.75 Å². The number of rotatable bonds is 5. The molecule has 0 saturated carbocycles. The van der Waals surface area contributed by atoms with Crippen LogP contribution in [0, 0.1) is 19.7 Å². The molecule has 0 bridgehead atoms. The van der Waals surface area contributed by atoms with Crippen LogP contribution in [0.2, 0.25) is 0 Å². The molecule has 0 amide bonds. The van der Waals surface area contributed by atoms with Crippen molar-refractivity contribution in [1.29, 1.82) is 0 Å². The van der Waals surface area contributed by atoms with Crippen molar-refractivity contribution in [2.24, 2.45) is 0 Å². The van der Waals surface area contributed by atoms with E-state index in [1.165, 1.54) is 12.1 Å². The maximum absolute atomic E-state index is 13.2. The minimum absolute atomic E-state index is 0.0590. The topological polar surface area (TPSA) is 75.2 Å². The molecule has 0 aliphatic carbocycles. The predicted octanol–water partition coefficient (Wildman–Crippen LogP) is 4.38. The fraction of sp³-hybridized carbons (Fsp3) is 0.167. The SMILES string of the molecule is Cc1cc(-c2nc3cc(-c4ccc(F)cc4)ccc3c(=O)[nH]2)cc(C)c1OCCO. The number of nitrogens with one attached hydrogen (secondary N) is 1. The van der Waals surface area contributed by atoms with Gasteiger partial charge in [0.05, 0.1) is 17.5 Å². The maximum atomic E-state index is 13.2. The van der Waals surface area contributed by atoms with Gasteiger partial charge in [-0.05, 0) is 72.5 Å². The van der Waals surface area contributed by atoms with Gasteiger partial charge in [-0.3, -0.25) is 4.79 Å². The molecule has 0 fully saturated rings. The van der Waals surface area contributed by atoms with Crippen molar-refractivity contribution in [3.63, 3.8) is 0 Å². The van der Waals surface area contributed by atoms with E-state index in [1.807, 2.05) is 38.1 Å². The first-order chi connectivity index (χ1) is 14.5. The molecule has 0 atom stereocenters. The number of aryl methyl sites for hydroxylation is 2. The van der Waals surface area contributed by atoms with Crippen LogP contribution in [-0.4, -0.2) is 28.3 Å². The molecule has 0 unspecified atom stereocenters. The maximum Gasteiger partial charge on any atom is 0.259 e. The molecular weight excluding hydrogens is 383 g/mol. The molecule has 0 aliphatic rings. The van der Waals surface area contributed by atoms with E-state index in [4.69, 9.17) is 9.84 Å². The summed E-state index contributed by atoms with van der Waals surface area (Å²) in [5, 5.41) is 9.49. The van der Waals surface area contributed by atoms with Gasteiger partial charge < -0.3 is 14.8 Å². The Morgan fingerprint density at radius 1 is 0.967 bits per heavy atom. The lowest BCUT2D eigenvalue weighted by molar-refractivity contribution is 0.200. The third-order valence-corrected chi connectivity index (χ3v) is 4.96. The van der Waals surface area contributed by atoms with Crippen molar-refractivity contribution in [3.8, 4) is 28.3 Å². The lowest BCUT2D eigenvalue weighted by Gasteiger charge is -2.13. The van der Waals surface area contributed by atoms with Crippen molar-refractivity contribution in [3.05, 3.63) is 81.9 Å². The molecule has 4 rings (SSSR count). The zero-order valence-electron chi connectivity index (χ0n) is 16.7. The molecule has 2 N–H and O–H groups in total. The summed E-state index contributed by atoms with van der Waals surface area (Å²) in [6.07, 6.45) is 0. The molecule has 152 valence electrons. The van der Waals surface area contributed by atoms with Crippen LogP contribution >= 0.6 is 0 Å². The Hall–Kier alpha value is -3.51. The van der Waals surface area contributed by atoms with Gasteiger partial charge in [0, 0.05) is 5.56 Å². The zero-order valence-corrected chi connectivity index (χ0v) is 16.7. The second-order valence-electron chi connectivity index (χ2n) is 7.16. The first-order valence-electron chi connectivity index (χ1n) is 9.61. The molecular formula is C24H21FN2O3. The summed E-state index contributed by atoms with van der Waals surface area (Å²) in [7, 11) is 0. The highest BCUT2D eigenvalue weighted by Crippen LogP contribution is 2.29. The number of aliphatic hydroxyl groups excluding tert-OH is 1. The number of H-pyrrole nitrogens is 1. The lowest BCUT2D eigenvalue weighted by Crippen LogP contribution is -2.10. The number of ether oxygens (including phenoxy) is 1. The highest BCUT2D eigenvalue weighted by Gasteiger charge is 2.12. The first-order valence-corrected chi connectivity index (χ1v) is 9.61. The fourth-order valence-electron chi connectivity index (χ4n) is 3.56. The van der Waals surface area contributed by atoms with E-state index >= 15 is 0 Å². The molecule has 0 radical (unpaired) electrons. The zero-order chi connectivity index (χ0) is 21.3. The van der Waals surface area contributed by atoms with Crippen LogP contribution < -0.4 is 10.3 Å². The van der Waals surface area contributed by atoms with Gasteiger partial charge in [-0.25, -0.2) is 9.37 Å². The molecule has 1 heterocycles. The van der Waals surface area contributed by atoms with E-state index in [9.17, 15) is 9.18 Å². The average Bonchev–Trinajstić information content (AvgIpc) is 2.73. The molecule has 4 aromatic rings. The van der Waals surface area contributed by atoms with Gasteiger partial charge in [-0.1, -0.05) is 18.2 Å². The summed E-state index contributed by atoms with van der Waals surface area (Å²) in [6, 6.07) is 15.4. The highest BCUT2D eigenvalue weighted by atomic mass is 19.1. The van der Waals surface area contributed by atoms with Crippen LogP contribution in [0.25, 0.3) is 33.4 Å². The number of hydrogen-bond donors (Lipinski definition) is 2. The number of fused-ring (bicyclic) bond motifs is 1. The summed E-state index contributed by atoms with van der Waals surface area (Å²) < 4.78 is 18.8. The van der Waals surface area contributed by atoms with Gasteiger partial charge in [0.2, 0.25) is 0 Å². The van der Waals surface area contributed by atoms with Crippen LogP contribution in [0.15, 0.2) is 59.4 Å². The van der Waals surface area contributed by atoms with Crippen LogP contribution in [-0.2, 0) is 0 Å². The van der Waals surface area contributed by atoms with Crippen LogP contribution in [0.1, 0.15) is 11.1 Å². The van der Waals surface area contributed by atoms with Crippen molar-refractivity contribution in [1.82, 2.24) is 9.97 Å². The number of aromatic amines is 1. The van der Waals surface area contributed by atoms with Crippen molar-refractivity contribution in [2.45, 2.75) is 13.8 Å². The summed E-state index contributed by atoms with van der Waals surface area (Å²) in [5.41, 5.74) is 4.59. The summed E-state index contributed by atoms with van der Waals surface area (Å²) in [6.45, 7) is 3.98. The Balaban J connectivity index is 1.80. The number of halogens is 1. The monoisotopic (exact) mass is 404 g/mol. The van der Waals surface area contributed by atoms with Crippen LogP contribution in [0.4, 0.5) is 4.39 Å². The standard InChI is InChI=1S/C24H21FN2O3/c1-14-11-18(12-15(2)22(14)30-10-9-28)23-26-21-13-17(5-8-20(21)24(29)27-23)16-3-6-19(25)7-4-16/h3-8,11-13,28H,9-10H2,1-2H3,(H,26,27,29). The molecule has 5 nitrogen and oxygen atoms in total. The largest absolute Gasteiger partial charge is 0.491 e. The number of aromatic nitrogens is 2. The molecule has 1 aromatic heterocycles. The van der Waals surface area contributed by atoms with Gasteiger partial charge >= 0.3 is 0 Å². The summed E-state index contributed by atoms with van der Waals surface area (Å²) in [4.78, 5) is 20.2. The van der Waals surface area contributed by atoms with E-state index in [0.29, 0.717) is 16.7 Å². The second kappa shape index (κ2) is 8.08.